The van der Waals surface area contributed by atoms with Crippen molar-refractivity contribution in [2.24, 2.45) is 0 Å². The van der Waals surface area contributed by atoms with Gasteiger partial charge in [0.15, 0.2) is 0 Å². The monoisotopic (exact) mass is 289 g/mol. The number of thioether (sulfide) groups is 2. The quantitative estimate of drug-likeness (QED) is 0.560. The van der Waals surface area contributed by atoms with E-state index in [1.807, 2.05) is 0 Å². The third-order valence-corrected chi connectivity index (χ3v) is 6.31. The maximum Gasteiger partial charge on any atom is 0.0263 e. The van der Waals surface area contributed by atoms with Crippen LogP contribution in [0.5, 0.6) is 0 Å². The molecule has 1 heterocycles. The summed E-state index contributed by atoms with van der Waals surface area (Å²) >= 11 is 4.28. The number of rotatable bonds is 11. The number of nitrogens with one attached hydrogen (secondary N) is 1. The van der Waals surface area contributed by atoms with Crippen LogP contribution in [0.15, 0.2) is 0 Å². The molecule has 0 radical (unpaired) electrons. The minimum Gasteiger partial charge on any atom is -0.316 e. The van der Waals surface area contributed by atoms with Crippen molar-refractivity contribution >= 4 is 23.5 Å². The summed E-state index contributed by atoms with van der Waals surface area (Å²) in [7, 11) is 0. The molecule has 0 bridgehead atoms. The molecule has 0 spiro atoms. The van der Waals surface area contributed by atoms with Crippen molar-refractivity contribution in [2.45, 2.75) is 63.5 Å². The number of hydrogen-bond donors (Lipinski definition) is 1. The summed E-state index contributed by atoms with van der Waals surface area (Å²) in [5.41, 5.74) is 0. The fourth-order valence-corrected chi connectivity index (χ4v) is 4.95. The van der Waals surface area contributed by atoms with Gasteiger partial charge in [0.05, 0.1) is 0 Å². The molecule has 1 fully saturated rings. The van der Waals surface area contributed by atoms with E-state index in [0.29, 0.717) is 0 Å². The van der Waals surface area contributed by atoms with Crippen molar-refractivity contribution in [3.05, 3.63) is 0 Å². The zero-order valence-corrected chi connectivity index (χ0v) is 13.7. The molecule has 1 nitrogen and oxygen atoms in total. The van der Waals surface area contributed by atoms with Crippen LogP contribution in [0.3, 0.4) is 0 Å². The first kappa shape index (κ1) is 16.7. The Hall–Kier alpha value is 0.660. The smallest absolute Gasteiger partial charge is 0.0263 e. The molecular formula is C15H31NS2. The topological polar surface area (TPSA) is 12.0 Å². The van der Waals surface area contributed by atoms with Crippen LogP contribution >= 0.6 is 23.5 Å². The molecule has 0 aromatic carbocycles. The molecular weight excluding hydrogens is 258 g/mol. The molecule has 1 unspecified atom stereocenters. The Kier molecular flexibility index (Phi) is 11.8. The van der Waals surface area contributed by atoms with Gasteiger partial charge >= 0.3 is 0 Å². The summed E-state index contributed by atoms with van der Waals surface area (Å²) in [6.45, 7) is 4.75. The third kappa shape index (κ3) is 9.57. The van der Waals surface area contributed by atoms with Crippen molar-refractivity contribution in [3.8, 4) is 0 Å². The van der Waals surface area contributed by atoms with Gasteiger partial charge in [-0.15, -0.1) is 0 Å². The highest BCUT2D eigenvalue weighted by Crippen LogP contribution is 2.23. The molecule has 108 valence electrons. The normalized spacial score (nSPS) is 20.2. The van der Waals surface area contributed by atoms with Crippen LogP contribution in [0.2, 0.25) is 0 Å². The minimum absolute atomic E-state index is 0.873. The summed E-state index contributed by atoms with van der Waals surface area (Å²) < 4.78 is 0. The van der Waals surface area contributed by atoms with Crippen molar-refractivity contribution in [2.75, 3.05) is 30.3 Å². The summed E-state index contributed by atoms with van der Waals surface area (Å²) in [5.74, 6) is 4.07. The molecule has 3 heteroatoms. The Balaban J connectivity index is 1.73. The van der Waals surface area contributed by atoms with E-state index in [9.17, 15) is 0 Å². The second-order valence-corrected chi connectivity index (χ2v) is 7.80. The first-order valence-corrected chi connectivity index (χ1v) is 10.0. The lowest BCUT2D eigenvalue weighted by atomic mass is 10.1. The van der Waals surface area contributed by atoms with Gasteiger partial charge in [-0.3, -0.25) is 0 Å². The largest absolute Gasteiger partial charge is 0.316 e. The van der Waals surface area contributed by atoms with Crippen LogP contribution in [0.4, 0.5) is 0 Å². The van der Waals surface area contributed by atoms with E-state index in [0.717, 1.165) is 5.25 Å². The van der Waals surface area contributed by atoms with Gasteiger partial charge in [-0.1, -0.05) is 51.9 Å². The standard InChI is InChI=1S/C15H31NS2/c1-2-3-4-5-6-7-8-9-10-16-13-15-14-17-11-12-18-15/h15-16H,2-14H2,1H3. The minimum atomic E-state index is 0.873. The second kappa shape index (κ2) is 12.7. The molecule has 0 amide bonds. The van der Waals surface area contributed by atoms with Crippen LogP contribution in [0.25, 0.3) is 0 Å². The lowest BCUT2D eigenvalue weighted by Gasteiger charge is -2.21. The first-order valence-electron chi connectivity index (χ1n) is 7.83. The van der Waals surface area contributed by atoms with E-state index >= 15 is 0 Å². The Morgan fingerprint density at radius 1 is 0.944 bits per heavy atom. The van der Waals surface area contributed by atoms with Crippen LogP contribution in [-0.4, -0.2) is 35.6 Å². The lowest BCUT2D eigenvalue weighted by molar-refractivity contribution is 0.556. The predicted molar refractivity (Wildman–Crippen MR) is 89.1 cm³/mol. The number of hydrogen-bond acceptors (Lipinski definition) is 3. The van der Waals surface area contributed by atoms with E-state index < -0.39 is 0 Å². The molecule has 1 aliphatic heterocycles. The molecule has 0 aliphatic carbocycles. The Labute approximate surface area is 123 Å². The molecule has 1 aliphatic rings. The van der Waals surface area contributed by atoms with Crippen LogP contribution in [-0.2, 0) is 0 Å². The van der Waals surface area contributed by atoms with Gasteiger partial charge < -0.3 is 5.32 Å². The maximum absolute atomic E-state index is 3.63. The Morgan fingerprint density at radius 3 is 2.33 bits per heavy atom. The maximum atomic E-state index is 3.63. The van der Waals surface area contributed by atoms with Gasteiger partial charge in [0.1, 0.15) is 0 Å². The van der Waals surface area contributed by atoms with E-state index in [4.69, 9.17) is 0 Å². The summed E-state index contributed by atoms with van der Waals surface area (Å²) in [6, 6.07) is 0. The van der Waals surface area contributed by atoms with Gasteiger partial charge in [0, 0.05) is 29.1 Å². The van der Waals surface area contributed by atoms with Crippen LogP contribution in [0.1, 0.15) is 58.3 Å². The summed E-state index contributed by atoms with van der Waals surface area (Å²) in [5, 5.41) is 4.51. The van der Waals surface area contributed by atoms with Gasteiger partial charge in [-0.25, -0.2) is 0 Å². The zero-order valence-electron chi connectivity index (χ0n) is 12.1. The molecule has 0 aromatic heterocycles. The fourth-order valence-electron chi connectivity index (χ4n) is 2.30. The molecule has 1 N–H and O–H groups in total. The van der Waals surface area contributed by atoms with Gasteiger partial charge in [0.2, 0.25) is 0 Å². The van der Waals surface area contributed by atoms with Crippen molar-refractivity contribution in [3.63, 3.8) is 0 Å². The van der Waals surface area contributed by atoms with Gasteiger partial charge in [-0.2, -0.15) is 23.5 Å². The van der Waals surface area contributed by atoms with E-state index in [2.05, 4.69) is 35.8 Å². The van der Waals surface area contributed by atoms with Crippen LogP contribution in [0, 0.1) is 0 Å². The summed E-state index contributed by atoms with van der Waals surface area (Å²) in [4.78, 5) is 0. The highest BCUT2D eigenvalue weighted by molar-refractivity contribution is 8.06. The molecule has 0 aromatic rings. The highest BCUT2D eigenvalue weighted by Gasteiger charge is 2.12. The average Bonchev–Trinajstić information content (AvgIpc) is 2.42. The molecule has 1 saturated heterocycles. The van der Waals surface area contributed by atoms with E-state index in [-0.39, 0.29) is 0 Å². The predicted octanol–water partition coefficient (Wildman–Crippen LogP) is 4.57. The number of unbranched alkanes of at least 4 members (excludes halogenated alkanes) is 7. The van der Waals surface area contributed by atoms with E-state index in [1.165, 1.54) is 81.7 Å². The van der Waals surface area contributed by atoms with Crippen molar-refractivity contribution in [1.82, 2.24) is 5.32 Å². The van der Waals surface area contributed by atoms with Crippen molar-refractivity contribution < 1.29 is 0 Å². The summed E-state index contributed by atoms with van der Waals surface area (Å²) in [6.07, 6.45) is 11.4. The van der Waals surface area contributed by atoms with Crippen molar-refractivity contribution in [1.29, 1.82) is 0 Å². The second-order valence-electron chi connectivity index (χ2n) is 5.25. The zero-order chi connectivity index (χ0) is 12.9. The molecule has 1 rings (SSSR count). The van der Waals surface area contributed by atoms with E-state index in [1.54, 1.807) is 0 Å². The first-order chi connectivity index (χ1) is 8.93. The Bertz CT molecular complexity index is 170. The fraction of sp³-hybridized carbons (Fsp3) is 1.00. The van der Waals surface area contributed by atoms with Gasteiger partial charge in [-0.05, 0) is 13.0 Å². The SMILES string of the molecule is CCCCCCCCCCNCC1CSCCS1. The lowest BCUT2D eigenvalue weighted by Crippen LogP contribution is -2.29. The molecule has 18 heavy (non-hydrogen) atoms. The molecule has 1 atom stereocenters. The Morgan fingerprint density at radius 2 is 1.67 bits per heavy atom. The molecule has 0 saturated carbocycles. The average molecular weight is 290 g/mol. The van der Waals surface area contributed by atoms with Crippen LogP contribution < -0.4 is 5.32 Å². The van der Waals surface area contributed by atoms with Gasteiger partial charge in [0.25, 0.3) is 0 Å². The highest BCUT2D eigenvalue weighted by atomic mass is 32.2. The third-order valence-electron chi connectivity index (χ3n) is 3.46.